The lowest BCUT2D eigenvalue weighted by Crippen LogP contribution is -2.29. The molecule has 7 nitrogen and oxygen atoms in total. The molecule has 0 rings (SSSR count). The lowest BCUT2D eigenvalue weighted by molar-refractivity contribution is -0.181. The molecule has 7 heteroatoms. The van der Waals surface area contributed by atoms with Crippen LogP contribution in [0, 0.1) is 5.41 Å². The Balaban J connectivity index is 0. The molecule has 154 valence electrons. The third-order valence-electron chi connectivity index (χ3n) is 3.46. The van der Waals surface area contributed by atoms with Gasteiger partial charge in [0.05, 0.1) is 32.0 Å². The number of rotatable bonds is 12. The summed E-state index contributed by atoms with van der Waals surface area (Å²) < 4.78 is 20.7. The van der Waals surface area contributed by atoms with E-state index in [9.17, 15) is 0 Å². The van der Waals surface area contributed by atoms with Gasteiger partial charge in [-0.1, -0.05) is 34.6 Å². The second-order valence-electron chi connectivity index (χ2n) is 6.98. The van der Waals surface area contributed by atoms with Crippen LogP contribution in [0.4, 0.5) is 0 Å². The maximum Gasteiger partial charge on any atom is 0.180 e. The van der Waals surface area contributed by atoms with E-state index in [4.69, 9.17) is 34.3 Å². The van der Waals surface area contributed by atoms with Crippen molar-refractivity contribution in [3.63, 3.8) is 0 Å². The molecule has 0 fully saturated rings. The highest BCUT2D eigenvalue weighted by atomic mass is 16.7. The first kappa shape index (κ1) is 26.9. The fraction of sp³-hybridized carbons (Fsp3) is 1.00. The van der Waals surface area contributed by atoms with Crippen molar-refractivity contribution < 1.29 is 34.3 Å². The van der Waals surface area contributed by atoms with Crippen LogP contribution in [0.15, 0.2) is 0 Å². The molecule has 0 saturated heterocycles. The van der Waals surface area contributed by atoms with Gasteiger partial charge < -0.3 is 34.3 Å². The van der Waals surface area contributed by atoms with Crippen molar-refractivity contribution in [3.8, 4) is 0 Å². The predicted octanol–water partition coefficient (Wildman–Crippen LogP) is 1.92. The van der Waals surface area contributed by atoms with Crippen LogP contribution >= 0.6 is 0 Å². The van der Waals surface area contributed by atoms with Gasteiger partial charge in [-0.2, -0.15) is 0 Å². The van der Waals surface area contributed by atoms with Crippen molar-refractivity contribution in [2.24, 2.45) is 5.41 Å². The highest BCUT2D eigenvalue weighted by molar-refractivity contribution is 4.65. The van der Waals surface area contributed by atoms with Gasteiger partial charge in [0.25, 0.3) is 0 Å². The van der Waals surface area contributed by atoms with Crippen LogP contribution in [0.25, 0.3) is 0 Å². The zero-order valence-corrected chi connectivity index (χ0v) is 17.0. The maximum atomic E-state index is 8.99. The normalized spacial score (nSPS) is 16.6. The summed E-state index contributed by atoms with van der Waals surface area (Å²) in [6.45, 7) is 10.1. The molecule has 4 atom stereocenters. The van der Waals surface area contributed by atoms with E-state index < -0.39 is 6.29 Å². The van der Waals surface area contributed by atoms with Gasteiger partial charge in [-0.3, -0.25) is 0 Å². The second-order valence-corrected chi connectivity index (χ2v) is 6.98. The first-order valence-electron chi connectivity index (χ1n) is 8.90. The Kier molecular flexibility index (Phi) is 17.2. The third kappa shape index (κ3) is 15.7. The minimum atomic E-state index is -0.618. The highest BCUT2D eigenvalue weighted by Crippen LogP contribution is 2.23. The Morgan fingerprint density at radius 2 is 1.12 bits per heavy atom. The Bertz CT molecular complexity index is 259. The summed E-state index contributed by atoms with van der Waals surface area (Å²) in [7, 11) is 3.09. The first-order valence-corrected chi connectivity index (χ1v) is 8.90. The van der Waals surface area contributed by atoms with E-state index in [2.05, 4.69) is 20.8 Å². The number of aliphatic hydroxyl groups excluding tert-OH is 3. The van der Waals surface area contributed by atoms with E-state index in [0.717, 1.165) is 12.8 Å². The van der Waals surface area contributed by atoms with Crippen molar-refractivity contribution >= 4 is 0 Å². The summed E-state index contributed by atoms with van der Waals surface area (Å²) in [6.07, 6.45) is 1.16. The molecule has 0 spiro atoms. The molecule has 0 amide bonds. The molecule has 0 aromatic carbocycles. The zero-order chi connectivity index (χ0) is 19.9. The molecule has 0 heterocycles. The minimum absolute atomic E-state index is 0.0453. The number of methoxy groups -OCH3 is 2. The van der Waals surface area contributed by atoms with Crippen LogP contribution in [0.2, 0.25) is 0 Å². The maximum absolute atomic E-state index is 8.99. The number of hydrogen-bond donors (Lipinski definition) is 3. The molecule has 0 aliphatic rings. The molecule has 0 bridgehead atoms. The van der Waals surface area contributed by atoms with Crippen LogP contribution < -0.4 is 0 Å². The standard InChI is InChI=1S/C11H24O3.C7H16O4/c1-6-9(8-12)14-10(13-5)7-11(2,3)4;1-3-6(4-8)11-7(5-9)10-2/h9-10,12H,6-8H2,1-5H3;6-9H,3-5H2,1-2H3. The van der Waals surface area contributed by atoms with Gasteiger partial charge in [-0.05, 0) is 18.3 Å². The van der Waals surface area contributed by atoms with E-state index in [1.54, 1.807) is 7.11 Å². The lowest BCUT2D eigenvalue weighted by Gasteiger charge is -2.27. The molecular formula is C18H40O7. The Morgan fingerprint density at radius 1 is 0.720 bits per heavy atom. The topological polar surface area (TPSA) is 97.6 Å². The molecular weight excluding hydrogens is 328 g/mol. The predicted molar refractivity (Wildman–Crippen MR) is 97.3 cm³/mol. The molecule has 0 radical (unpaired) electrons. The summed E-state index contributed by atoms with van der Waals surface area (Å²) in [5.41, 5.74) is 0.175. The van der Waals surface area contributed by atoms with E-state index in [-0.39, 0.29) is 43.7 Å². The number of ether oxygens (including phenoxy) is 4. The van der Waals surface area contributed by atoms with E-state index >= 15 is 0 Å². The van der Waals surface area contributed by atoms with Gasteiger partial charge in [0, 0.05) is 20.6 Å². The first-order chi connectivity index (χ1) is 11.7. The van der Waals surface area contributed by atoms with Crippen molar-refractivity contribution in [1.82, 2.24) is 0 Å². The average molecular weight is 369 g/mol. The molecule has 0 saturated carbocycles. The van der Waals surface area contributed by atoms with Gasteiger partial charge in [-0.15, -0.1) is 0 Å². The fourth-order valence-corrected chi connectivity index (χ4v) is 1.83. The molecule has 0 aromatic heterocycles. The minimum Gasteiger partial charge on any atom is -0.394 e. The molecule has 0 aromatic rings. The summed E-state index contributed by atoms with van der Waals surface area (Å²) in [5.74, 6) is 0. The Hall–Kier alpha value is -0.280. The fourth-order valence-electron chi connectivity index (χ4n) is 1.83. The molecule has 0 aliphatic carbocycles. The zero-order valence-electron chi connectivity index (χ0n) is 17.0. The van der Waals surface area contributed by atoms with Gasteiger partial charge in [0.2, 0.25) is 0 Å². The molecule has 4 unspecified atom stereocenters. The molecule has 0 aliphatic heterocycles. The monoisotopic (exact) mass is 368 g/mol. The second kappa shape index (κ2) is 15.9. The SMILES string of the molecule is CCC(CO)OC(CC(C)(C)C)OC.CCC(CO)OC(CO)OC. The molecule has 25 heavy (non-hydrogen) atoms. The summed E-state index contributed by atoms with van der Waals surface area (Å²) in [4.78, 5) is 0. The Morgan fingerprint density at radius 3 is 1.36 bits per heavy atom. The van der Waals surface area contributed by atoms with Crippen molar-refractivity contribution in [3.05, 3.63) is 0 Å². The van der Waals surface area contributed by atoms with Crippen LogP contribution in [-0.2, 0) is 18.9 Å². The van der Waals surface area contributed by atoms with E-state index in [0.29, 0.717) is 6.42 Å². The Labute approximate surface area is 153 Å². The van der Waals surface area contributed by atoms with Gasteiger partial charge in [0.15, 0.2) is 12.6 Å². The molecule has 3 N–H and O–H groups in total. The van der Waals surface area contributed by atoms with E-state index in [1.807, 2.05) is 13.8 Å². The van der Waals surface area contributed by atoms with Gasteiger partial charge >= 0.3 is 0 Å². The average Bonchev–Trinajstić information content (AvgIpc) is 2.59. The van der Waals surface area contributed by atoms with Crippen molar-refractivity contribution in [2.45, 2.75) is 78.7 Å². The summed E-state index contributed by atoms with van der Waals surface area (Å²) in [6, 6.07) is 0. The summed E-state index contributed by atoms with van der Waals surface area (Å²) >= 11 is 0. The smallest absolute Gasteiger partial charge is 0.180 e. The van der Waals surface area contributed by atoms with Crippen molar-refractivity contribution in [2.75, 3.05) is 34.0 Å². The van der Waals surface area contributed by atoms with Crippen LogP contribution in [0.5, 0.6) is 0 Å². The largest absolute Gasteiger partial charge is 0.394 e. The van der Waals surface area contributed by atoms with Gasteiger partial charge in [0.1, 0.15) is 0 Å². The van der Waals surface area contributed by atoms with E-state index in [1.165, 1.54) is 7.11 Å². The summed E-state index contributed by atoms with van der Waals surface area (Å²) in [5, 5.41) is 26.3. The van der Waals surface area contributed by atoms with Crippen LogP contribution in [0.3, 0.4) is 0 Å². The van der Waals surface area contributed by atoms with Crippen LogP contribution in [-0.4, -0.2) is 74.1 Å². The van der Waals surface area contributed by atoms with Gasteiger partial charge in [-0.25, -0.2) is 0 Å². The third-order valence-corrected chi connectivity index (χ3v) is 3.46. The quantitative estimate of drug-likeness (QED) is 0.453. The highest BCUT2D eigenvalue weighted by Gasteiger charge is 2.21. The number of aliphatic hydroxyl groups is 3. The number of hydrogen-bond acceptors (Lipinski definition) is 7. The lowest BCUT2D eigenvalue weighted by atomic mass is 9.92. The van der Waals surface area contributed by atoms with Crippen molar-refractivity contribution in [1.29, 1.82) is 0 Å². The van der Waals surface area contributed by atoms with Crippen LogP contribution in [0.1, 0.15) is 53.9 Å².